The van der Waals surface area contributed by atoms with Gasteiger partial charge in [0.05, 0.1) is 23.4 Å². The summed E-state index contributed by atoms with van der Waals surface area (Å²) in [6, 6.07) is -1.63. The van der Waals surface area contributed by atoms with Gasteiger partial charge in [-0.15, -0.1) is 11.3 Å². The zero-order chi connectivity index (χ0) is 18.1. The van der Waals surface area contributed by atoms with Crippen LogP contribution in [0.1, 0.15) is 31.5 Å². The van der Waals surface area contributed by atoms with Gasteiger partial charge in [0.25, 0.3) is 0 Å². The molecule has 0 saturated carbocycles. The molecular weight excluding hydrogens is 343 g/mol. The SMILES string of the molecule is Cc1nc(CC(C)C)c(NC(=O)N2CCOC(C(F)(F)F)C2C)s1. The number of halogens is 3. The van der Waals surface area contributed by atoms with Gasteiger partial charge in [0.1, 0.15) is 5.00 Å². The lowest BCUT2D eigenvalue weighted by Crippen LogP contribution is -2.58. The first-order valence-corrected chi connectivity index (χ1v) is 8.63. The number of rotatable bonds is 3. The summed E-state index contributed by atoms with van der Waals surface area (Å²) < 4.78 is 43.7. The van der Waals surface area contributed by atoms with Gasteiger partial charge >= 0.3 is 12.2 Å². The average Bonchev–Trinajstić information content (AvgIpc) is 2.76. The second-order valence-electron chi connectivity index (χ2n) is 6.30. The molecule has 0 spiro atoms. The summed E-state index contributed by atoms with van der Waals surface area (Å²) in [7, 11) is 0. The predicted octanol–water partition coefficient (Wildman–Crippen LogP) is 3.83. The third-order valence-electron chi connectivity index (χ3n) is 3.77. The Labute approximate surface area is 143 Å². The maximum atomic E-state index is 13.0. The number of thiazole rings is 1. The number of hydrogen-bond donors (Lipinski definition) is 1. The van der Waals surface area contributed by atoms with Crippen LogP contribution in [0.5, 0.6) is 0 Å². The molecule has 1 N–H and O–H groups in total. The maximum absolute atomic E-state index is 13.0. The third-order valence-corrected chi connectivity index (χ3v) is 4.70. The Kier molecular flexibility index (Phi) is 5.74. The van der Waals surface area contributed by atoms with E-state index in [9.17, 15) is 18.0 Å². The monoisotopic (exact) mass is 365 g/mol. The van der Waals surface area contributed by atoms with E-state index in [2.05, 4.69) is 10.3 Å². The minimum atomic E-state index is -4.50. The Hall–Kier alpha value is -1.35. The number of amides is 2. The lowest BCUT2D eigenvalue weighted by molar-refractivity contribution is -0.246. The van der Waals surface area contributed by atoms with Gasteiger partial charge in [0.2, 0.25) is 0 Å². The van der Waals surface area contributed by atoms with Gasteiger partial charge < -0.3 is 9.64 Å². The van der Waals surface area contributed by atoms with Crippen molar-refractivity contribution < 1.29 is 22.7 Å². The van der Waals surface area contributed by atoms with Gasteiger partial charge in [0.15, 0.2) is 6.10 Å². The molecule has 1 fully saturated rings. The van der Waals surface area contributed by atoms with Gasteiger partial charge in [-0.3, -0.25) is 5.32 Å². The fourth-order valence-electron chi connectivity index (χ4n) is 2.70. The maximum Gasteiger partial charge on any atom is 0.416 e. The van der Waals surface area contributed by atoms with Crippen molar-refractivity contribution in [2.45, 2.75) is 52.4 Å². The van der Waals surface area contributed by atoms with E-state index in [1.165, 1.54) is 23.2 Å². The zero-order valence-corrected chi connectivity index (χ0v) is 14.9. The van der Waals surface area contributed by atoms with Crippen molar-refractivity contribution in [1.29, 1.82) is 0 Å². The van der Waals surface area contributed by atoms with Gasteiger partial charge in [-0.2, -0.15) is 13.2 Å². The second kappa shape index (κ2) is 7.26. The first-order chi connectivity index (χ1) is 11.1. The van der Waals surface area contributed by atoms with Crippen molar-refractivity contribution in [3.8, 4) is 0 Å². The van der Waals surface area contributed by atoms with Crippen LogP contribution in [0.2, 0.25) is 0 Å². The summed E-state index contributed by atoms with van der Waals surface area (Å²) in [6.07, 6.45) is -5.76. The number of hydrogen-bond acceptors (Lipinski definition) is 4. The van der Waals surface area contributed by atoms with Crippen LogP contribution in [-0.2, 0) is 11.2 Å². The Balaban J connectivity index is 2.12. The fraction of sp³-hybridized carbons (Fsp3) is 0.733. The number of anilines is 1. The summed E-state index contributed by atoms with van der Waals surface area (Å²) in [5.41, 5.74) is 0.772. The minimum absolute atomic E-state index is 0.122. The lowest BCUT2D eigenvalue weighted by Gasteiger charge is -2.39. The highest BCUT2D eigenvalue weighted by Crippen LogP contribution is 2.31. The zero-order valence-electron chi connectivity index (χ0n) is 14.1. The highest BCUT2D eigenvalue weighted by molar-refractivity contribution is 7.16. The molecule has 1 aliphatic rings. The van der Waals surface area contributed by atoms with Gasteiger partial charge in [0, 0.05) is 6.54 Å². The average molecular weight is 365 g/mol. The molecule has 136 valence electrons. The van der Waals surface area contributed by atoms with Crippen molar-refractivity contribution in [3.63, 3.8) is 0 Å². The van der Waals surface area contributed by atoms with Crippen LogP contribution in [0.15, 0.2) is 0 Å². The van der Waals surface area contributed by atoms with E-state index in [-0.39, 0.29) is 13.2 Å². The molecule has 5 nitrogen and oxygen atoms in total. The molecule has 9 heteroatoms. The van der Waals surface area contributed by atoms with E-state index in [1.54, 1.807) is 0 Å². The van der Waals surface area contributed by atoms with E-state index < -0.39 is 24.4 Å². The first kappa shape index (κ1) is 19.0. The smallest absolute Gasteiger partial charge is 0.365 e. The third kappa shape index (κ3) is 4.38. The van der Waals surface area contributed by atoms with Crippen LogP contribution in [0.3, 0.4) is 0 Å². The van der Waals surface area contributed by atoms with Crippen LogP contribution in [0.4, 0.5) is 23.0 Å². The summed E-state index contributed by atoms with van der Waals surface area (Å²) in [5.74, 6) is 0.360. The van der Waals surface area contributed by atoms with Gasteiger partial charge in [-0.25, -0.2) is 9.78 Å². The van der Waals surface area contributed by atoms with Crippen LogP contribution in [0, 0.1) is 12.8 Å². The number of alkyl halides is 3. The Morgan fingerprint density at radius 2 is 2.17 bits per heavy atom. The molecule has 2 atom stereocenters. The molecule has 1 aromatic heterocycles. The highest BCUT2D eigenvalue weighted by Gasteiger charge is 2.49. The first-order valence-electron chi connectivity index (χ1n) is 7.81. The normalized spacial score (nSPS) is 22.1. The molecule has 1 saturated heterocycles. The van der Waals surface area contributed by atoms with Crippen LogP contribution < -0.4 is 5.32 Å². The van der Waals surface area contributed by atoms with Crippen molar-refractivity contribution in [2.75, 3.05) is 18.5 Å². The summed E-state index contributed by atoms with van der Waals surface area (Å²) in [4.78, 5) is 18.0. The second-order valence-corrected chi connectivity index (χ2v) is 7.51. The van der Waals surface area contributed by atoms with Crippen LogP contribution in [-0.4, -0.2) is 47.4 Å². The number of carbonyl (C=O) groups excluding carboxylic acids is 1. The Morgan fingerprint density at radius 3 is 2.75 bits per heavy atom. The molecule has 1 aliphatic heterocycles. The lowest BCUT2D eigenvalue weighted by atomic mass is 10.1. The number of carbonyl (C=O) groups is 1. The van der Waals surface area contributed by atoms with Crippen molar-refractivity contribution >= 4 is 22.4 Å². The molecule has 24 heavy (non-hydrogen) atoms. The number of morpholine rings is 1. The quantitative estimate of drug-likeness (QED) is 0.886. The van der Waals surface area contributed by atoms with Gasteiger partial charge in [-0.1, -0.05) is 13.8 Å². The minimum Gasteiger partial charge on any atom is -0.365 e. The molecule has 2 amide bonds. The van der Waals surface area contributed by atoms with Crippen molar-refractivity contribution in [3.05, 3.63) is 10.7 Å². The summed E-state index contributed by atoms with van der Waals surface area (Å²) in [6.45, 7) is 7.25. The molecule has 0 bridgehead atoms. The Bertz CT molecular complexity index is 589. The molecule has 1 aromatic rings. The predicted molar refractivity (Wildman–Crippen MR) is 86.4 cm³/mol. The van der Waals surface area contributed by atoms with Crippen molar-refractivity contribution in [1.82, 2.24) is 9.88 Å². The molecule has 0 aromatic carbocycles. The number of ether oxygens (including phenoxy) is 1. The standard InChI is InChI=1S/C15H22F3N3O2S/c1-8(2)7-11-13(24-10(4)19-11)20-14(22)21-5-6-23-12(9(21)3)15(16,17)18/h8-9,12H,5-7H2,1-4H3,(H,20,22). The van der Waals surface area contributed by atoms with Crippen LogP contribution in [0.25, 0.3) is 0 Å². The molecule has 0 aliphatic carbocycles. The van der Waals surface area contributed by atoms with Crippen molar-refractivity contribution in [2.24, 2.45) is 5.92 Å². The number of aromatic nitrogens is 1. The van der Waals surface area contributed by atoms with E-state index in [0.717, 1.165) is 10.7 Å². The number of urea groups is 1. The topological polar surface area (TPSA) is 54.5 Å². The highest BCUT2D eigenvalue weighted by atomic mass is 32.1. The van der Waals surface area contributed by atoms with E-state index in [1.807, 2.05) is 20.8 Å². The number of aryl methyl sites for hydroxylation is 1. The number of nitrogens with one attached hydrogen (secondary N) is 1. The van der Waals surface area contributed by atoms with E-state index in [4.69, 9.17) is 4.74 Å². The largest absolute Gasteiger partial charge is 0.416 e. The summed E-state index contributed by atoms with van der Waals surface area (Å²) in [5, 5.41) is 4.14. The Morgan fingerprint density at radius 1 is 1.50 bits per heavy atom. The molecule has 2 heterocycles. The summed E-state index contributed by atoms with van der Waals surface area (Å²) >= 11 is 1.33. The van der Waals surface area contributed by atoms with Crippen LogP contribution >= 0.6 is 11.3 Å². The molecule has 2 rings (SSSR count). The van der Waals surface area contributed by atoms with E-state index in [0.29, 0.717) is 17.3 Å². The fourth-order valence-corrected chi connectivity index (χ4v) is 3.54. The number of nitrogens with zero attached hydrogens (tertiary/aromatic N) is 2. The molecular formula is C15H22F3N3O2S. The molecule has 0 radical (unpaired) electrons. The van der Waals surface area contributed by atoms with Gasteiger partial charge in [-0.05, 0) is 26.2 Å². The van der Waals surface area contributed by atoms with E-state index >= 15 is 0 Å². The molecule has 2 unspecified atom stereocenters.